The van der Waals surface area contributed by atoms with Gasteiger partial charge in [0, 0.05) is 31.9 Å². The summed E-state index contributed by atoms with van der Waals surface area (Å²) in [6.45, 7) is 3.80. The van der Waals surface area contributed by atoms with Crippen LogP contribution < -0.4 is 0 Å². The molecular weight excluding hydrogens is 316 g/mol. The van der Waals surface area contributed by atoms with Crippen LogP contribution in [0.4, 0.5) is 0 Å². The summed E-state index contributed by atoms with van der Waals surface area (Å²) in [4.78, 5) is 28.3. The van der Waals surface area contributed by atoms with Crippen LogP contribution in [0, 0.1) is 6.92 Å². The van der Waals surface area contributed by atoms with Crippen molar-refractivity contribution in [2.24, 2.45) is 0 Å². The number of halogens is 1. The van der Waals surface area contributed by atoms with E-state index in [0.29, 0.717) is 42.5 Å². The molecule has 1 aromatic heterocycles. The number of rotatable bonds is 2. The number of aromatic amines is 1. The van der Waals surface area contributed by atoms with Crippen LogP contribution in [0.2, 0.25) is 5.02 Å². The molecule has 1 saturated heterocycles. The molecule has 1 aliphatic heterocycles. The number of nitrogens with one attached hydrogen (secondary N) is 1. The summed E-state index contributed by atoms with van der Waals surface area (Å²) in [7, 11) is 0. The molecule has 1 fully saturated rings. The van der Waals surface area contributed by atoms with Gasteiger partial charge in [0.1, 0.15) is 5.69 Å². The number of aryl methyl sites for hydroxylation is 1. The van der Waals surface area contributed by atoms with Gasteiger partial charge in [-0.05, 0) is 25.1 Å². The van der Waals surface area contributed by atoms with E-state index in [1.807, 2.05) is 6.92 Å². The molecule has 0 saturated carbocycles. The molecule has 1 N–H and O–H groups in total. The highest BCUT2D eigenvalue weighted by molar-refractivity contribution is 6.33. The summed E-state index contributed by atoms with van der Waals surface area (Å²) in [5.41, 5.74) is 1.76. The van der Waals surface area contributed by atoms with Crippen molar-refractivity contribution in [2.75, 3.05) is 26.2 Å². The first-order valence-electron chi connectivity index (χ1n) is 7.41. The smallest absolute Gasteiger partial charge is 0.274 e. The summed E-state index contributed by atoms with van der Waals surface area (Å²) in [6, 6.07) is 8.73. The Bertz CT molecular complexity index is 735. The minimum absolute atomic E-state index is 0.0988. The topological polar surface area (TPSA) is 69.3 Å². The zero-order chi connectivity index (χ0) is 16.4. The fraction of sp³-hybridized carbons (Fsp3) is 0.312. The lowest BCUT2D eigenvalue weighted by atomic mass is 10.1. The molecule has 2 heterocycles. The lowest BCUT2D eigenvalue weighted by Gasteiger charge is -2.34. The molecule has 0 atom stereocenters. The predicted molar refractivity (Wildman–Crippen MR) is 86.6 cm³/mol. The van der Waals surface area contributed by atoms with Crippen LogP contribution in [0.3, 0.4) is 0 Å². The van der Waals surface area contributed by atoms with Crippen molar-refractivity contribution in [3.05, 3.63) is 52.3 Å². The van der Waals surface area contributed by atoms with Gasteiger partial charge in [0.15, 0.2) is 0 Å². The van der Waals surface area contributed by atoms with E-state index in [0.717, 1.165) is 5.69 Å². The predicted octanol–water partition coefficient (Wildman–Crippen LogP) is 1.97. The SMILES string of the molecule is Cc1cc(C(=O)N2CCN(C(=O)c3ccccc3Cl)CC2)n[nH]1. The van der Waals surface area contributed by atoms with Gasteiger partial charge in [-0.1, -0.05) is 23.7 Å². The average molecular weight is 333 g/mol. The van der Waals surface area contributed by atoms with E-state index in [-0.39, 0.29) is 11.8 Å². The van der Waals surface area contributed by atoms with E-state index in [2.05, 4.69) is 10.2 Å². The Balaban J connectivity index is 1.63. The second-order valence-electron chi connectivity index (χ2n) is 5.50. The molecule has 3 rings (SSSR count). The molecule has 6 nitrogen and oxygen atoms in total. The number of carbonyl (C=O) groups excluding carboxylic acids is 2. The molecule has 0 unspecified atom stereocenters. The highest BCUT2D eigenvalue weighted by Crippen LogP contribution is 2.18. The largest absolute Gasteiger partial charge is 0.335 e. The van der Waals surface area contributed by atoms with Crippen LogP contribution in [0.1, 0.15) is 26.5 Å². The molecule has 1 aromatic carbocycles. The Labute approximate surface area is 139 Å². The second-order valence-corrected chi connectivity index (χ2v) is 5.91. The first-order chi connectivity index (χ1) is 11.1. The van der Waals surface area contributed by atoms with E-state index >= 15 is 0 Å². The maximum absolute atomic E-state index is 12.5. The maximum atomic E-state index is 12.5. The number of hydrogen-bond acceptors (Lipinski definition) is 3. The quantitative estimate of drug-likeness (QED) is 0.914. The second kappa shape index (κ2) is 6.42. The van der Waals surface area contributed by atoms with Crippen LogP contribution in [0.25, 0.3) is 0 Å². The monoisotopic (exact) mass is 332 g/mol. The van der Waals surface area contributed by atoms with Gasteiger partial charge in [-0.25, -0.2) is 0 Å². The molecule has 0 spiro atoms. The van der Waals surface area contributed by atoms with Crippen molar-refractivity contribution in [1.82, 2.24) is 20.0 Å². The summed E-state index contributed by atoms with van der Waals surface area (Å²) in [6.07, 6.45) is 0. The van der Waals surface area contributed by atoms with Gasteiger partial charge in [-0.15, -0.1) is 0 Å². The third kappa shape index (κ3) is 3.22. The first-order valence-corrected chi connectivity index (χ1v) is 7.79. The summed E-state index contributed by atoms with van der Waals surface area (Å²) >= 11 is 6.08. The van der Waals surface area contributed by atoms with Crippen molar-refractivity contribution in [1.29, 1.82) is 0 Å². The molecule has 2 aromatic rings. The Morgan fingerprint density at radius 1 is 1.09 bits per heavy atom. The normalized spacial score (nSPS) is 14.9. The molecule has 1 aliphatic rings. The number of nitrogens with zero attached hydrogens (tertiary/aromatic N) is 3. The van der Waals surface area contributed by atoms with Crippen LogP contribution >= 0.6 is 11.6 Å². The molecule has 2 amide bonds. The standard InChI is InChI=1S/C16H17ClN4O2/c1-11-10-14(19-18-11)16(23)21-8-6-20(7-9-21)15(22)12-4-2-3-5-13(12)17/h2-5,10H,6-9H2,1H3,(H,18,19). The van der Waals surface area contributed by atoms with Gasteiger partial charge >= 0.3 is 0 Å². The lowest BCUT2D eigenvalue weighted by molar-refractivity contribution is 0.0532. The number of piperazine rings is 1. The molecule has 23 heavy (non-hydrogen) atoms. The van der Waals surface area contributed by atoms with Gasteiger partial charge in [0.05, 0.1) is 10.6 Å². The Morgan fingerprint density at radius 2 is 1.70 bits per heavy atom. The van der Waals surface area contributed by atoms with Crippen LogP contribution in [-0.2, 0) is 0 Å². The molecule has 0 aliphatic carbocycles. The van der Waals surface area contributed by atoms with E-state index < -0.39 is 0 Å². The minimum Gasteiger partial charge on any atom is -0.335 e. The summed E-state index contributed by atoms with van der Waals surface area (Å²) in [5, 5.41) is 7.20. The first kappa shape index (κ1) is 15.6. The molecule has 120 valence electrons. The van der Waals surface area contributed by atoms with E-state index in [1.54, 1.807) is 40.1 Å². The molecule has 0 bridgehead atoms. The van der Waals surface area contributed by atoms with Crippen molar-refractivity contribution >= 4 is 23.4 Å². The third-order valence-electron chi connectivity index (χ3n) is 3.88. The highest BCUT2D eigenvalue weighted by atomic mass is 35.5. The molecular formula is C16H17ClN4O2. The van der Waals surface area contributed by atoms with Crippen molar-refractivity contribution in [2.45, 2.75) is 6.92 Å². The summed E-state index contributed by atoms with van der Waals surface area (Å²) < 4.78 is 0. The Kier molecular flexibility index (Phi) is 4.34. The Hall–Kier alpha value is -2.34. The number of hydrogen-bond donors (Lipinski definition) is 1. The van der Waals surface area contributed by atoms with E-state index in [1.165, 1.54) is 0 Å². The summed E-state index contributed by atoms with van der Waals surface area (Å²) in [5.74, 6) is -0.211. The molecule has 0 radical (unpaired) electrons. The number of amides is 2. The number of aromatic nitrogens is 2. The fourth-order valence-corrected chi connectivity index (χ4v) is 2.82. The van der Waals surface area contributed by atoms with Crippen LogP contribution in [0.15, 0.2) is 30.3 Å². The zero-order valence-electron chi connectivity index (χ0n) is 12.8. The van der Waals surface area contributed by atoms with Crippen molar-refractivity contribution < 1.29 is 9.59 Å². The van der Waals surface area contributed by atoms with Crippen LogP contribution in [-0.4, -0.2) is 58.0 Å². The number of carbonyl (C=O) groups is 2. The molecule has 7 heteroatoms. The van der Waals surface area contributed by atoms with Gasteiger partial charge in [0.25, 0.3) is 11.8 Å². The van der Waals surface area contributed by atoms with E-state index in [9.17, 15) is 9.59 Å². The van der Waals surface area contributed by atoms with Gasteiger partial charge < -0.3 is 9.80 Å². The maximum Gasteiger partial charge on any atom is 0.274 e. The number of H-pyrrole nitrogens is 1. The van der Waals surface area contributed by atoms with Gasteiger partial charge in [-0.2, -0.15) is 5.10 Å². The minimum atomic E-state index is -0.112. The van der Waals surface area contributed by atoms with E-state index in [4.69, 9.17) is 11.6 Å². The van der Waals surface area contributed by atoms with Gasteiger partial charge in [-0.3, -0.25) is 14.7 Å². The Morgan fingerprint density at radius 3 is 2.26 bits per heavy atom. The zero-order valence-corrected chi connectivity index (χ0v) is 13.5. The highest BCUT2D eigenvalue weighted by Gasteiger charge is 2.27. The van der Waals surface area contributed by atoms with Crippen LogP contribution in [0.5, 0.6) is 0 Å². The lowest BCUT2D eigenvalue weighted by Crippen LogP contribution is -2.50. The average Bonchev–Trinajstić information content (AvgIpc) is 3.01. The van der Waals surface area contributed by atoms with Gasteiger partial charge in [0.2, 0.25) is 0 Å². The fourth-order valence-electron chi connectivity index (χ4n) is 2.61. The third-order valence-corrected chi connectivity index (χ3v) is 4.21. The number of benzene rings is 1. The van der Waals surface area contributed by atoms with Crippen molar-refractivity contribution in [3.63, 3.8) is 0 Å². The van der Waals surface area contributed by atoms with Crippen molar-refractivity contribution in [3.8, 4) is 0 Å².